The van der Waals surface area contributed by atoms with E-state index in [1.165, 1.54) is 24.8 Å². The van der Waals surface area contributed by atoms with Gasteiger partial charge in [-0.2, -0.15) is 0 Å². The van der Waals surface area contributed by atoms with Crippen LogP contribution >= 0.6 is 0 Å². The lowest BCUT2D eigenvalue weighted by Crippen LogP contribution is -2.35. The Hall–Kier alpha value is -1.06. The zero-order chi connectivity index (χ0) is 14.4. The third-order valence-electron chi connectivity index (χ3n) is 4.41. The van der Waals surface area contributed by atoms with Gasteiger partial charge in [-0.15, -0.1) is 0 Å². The lowest BCUT2D eigenvalue weighted by atomic mass is 9.82. The summed E-state index contributed by atoms with van der Waals surface area (Å²) in [6.07, 6.45) is 5.99. The molecular formula is C17H26O3. The van der Waals surface area contributed by atoms with E-state index >= 15 is 0 Å². The van der Waals surface area contributed by atoms with Crippen LogP contribution in [0.15, 0.2) is 24.3 Å². The molecule has 1 aliphatic rings. The third kappa shape index (κ3) is 4.22. The van der Waals surface area contributed by atoms with Crippen molar-refractivity contribution in [3.05, 3.63) is 29.8 Å². The normalized spacial score (nSPS) is 19.6. The van der Waals surface area contributed by atoms with E-state index in [4.69, 9.17) is 4.74 Å². The largest absolute Gasteiger partial charge is 0.497 e. The standard InChI is InChI=1S/C17H26O3/c1-20-15-10-7-13(8-11-15)9-12-16(18)17(19)14-5-3-2-4-6-14/h7-8,10-11,14,16-19H,2-6,9,12H2,1H3. The van der Waals surface area contributed by atoms with E-state index in [1.807, 2.05) is 24.3 Å². The van der Waals surface area contributed by atoms with E-state index < -0.39 is 12.2 Å². The van der Waals surface area contributed by atoms with Crippen LogP contribution in [-0.4, -0.2) is 29.5 Å². The number of aliphatic hydroxyl groups excluding tert-OH is 2. The molecule has 0 radical (unpaired) electrons. The molecular weight excluding hydrogens is 252 g/mol. The van der Waals surface area contributed by atoms with Crippen molar-refractivity contribution in [2.45, 2.75) is 57.2 Å². The second-order valence-electron chi connectivity index (χ2n) is 5.84. The number of methoxy groups -OCH3 is 1. The molecule has 1 aliphatic carbocycles. The summed E-state index contributed by atoms with van der Waals surface area (Å²) >= 11 is 0. The van der Waals surface area contributed by atoms with E-state index in [0.29, 0.717) is 6.42 Å². The summed E-state index contributed by atoms with van der Waals surface area (Å²) in [7, 11) is 1.65. The maximum atomic E-state index is 10.2. The van der Waals surface area contributed by atoms with Crippen molar-refractivity contribution in [3.63, 3.8) is 0 Å². The Morgan fingerprint density at radius 2 is 1.75 bits per heavy atom. The fourth-order valence-corrected chi connectivity index (χ4v) is 3.07. The molecule has 3 heteroatoms. The smallest absolute Gasteiger partial charge is 0.118 e. The monoisotopic (exact) mass is 278 g/mol. The highest BCUT2D eigenvalue weighted by atomic mass is 16.5. The molecule has 0 heterocycles. The molecule has 0 aromatic heterocycles. The number of rotatable bonds is 6. The van der Waals surface area contributed by atoms with Gasteiger partial charge in [0.1, 0.15) is 5.75 Å². The molecule has 1 aromatic rings. The van der Waals surface area contributed by atoms with Gasteiger partial charge in [-0.25, -0.2) is 0 Å². The Balaban J connectivity index is 1.79. The summed E-state index contributed by atoms with van der Waals surface area (Å²) in [5, 5.41) is 20.4. The molecule has 3 nitrogen and oxygen atoms in total. The van der Waals surface area contributed by atoms with Gasteiger partial charge in [0.15, 0.2) is 0 Å². The van der Waals surface area contributed by atoms with Crippen LogP contribution in [0.4, 0.5) is 0 Å². The highest BCUT2D eigenvalue weighted by Gasteiger charge is 2.27. The Morgan fingerprint density at radius 1 is 1.10 bits per heavy atom. The number of aliphatic hydroxyl groups is 2. The first-order chi connectivity index (χ1) is 9.70. The van der Waals surface area contributed by atoms with Gasteiger partial charge < -0.3 is 14.9 Å². The fourth-order valence-electron chi connectivity index (χ4n) is 3.07. The van der Waals surface area contributed by atoms with Crippen molar-refractivity contribution >= 4 is 0 Å². The van der Waals surface area contributed by atoms with Crippen LogP contribution in [0.5, 0.6) is 5.75 Å². The van der Waals surface area contributed by atoms with Crippen molar-refractivity contribution in [2.75, 3.05) is 7.11 Å². The van der Waals surface area contributed by atoms with Gasteiger partial charge in [0.2, 0.25) is 0 Å². The van der Waals surface area contributed by atoms with Gasteiger partial charge in [-0.05, 0) is 49.3 Å². The molecule has 2 unspecified atom stereocenters. The van der Waals surface area contributed by atoms with Crippen molar-refractivity contribution in [3.8, 4) is 5.75 Å². The van der Waals surface area contributed by atoms with Crippen LogP contribution in [0.1, 0.15) is 44.1 Å². The molecule has 0 bridgehead atoms. The lowest BCUT2D eigenvalue weighted by molar-refractivity contribution is -0.0302. The van der Waals surface area contributed by atoms with E-state index in [0.717, 1.165) is 25.0 Å². The molecule has 0 aliphatic heterocycles. The minimum absolute atomic E-state index is 0.287. The van der Waals surface area contributed by atoms with Crippen LogP contribution < -0.4 is 4.74 Å². The third-order valence-corrected chi connectivity index (χ3v) is 4.41. The maximum Gasteiger partial charge on any atom is 0.118 e. The van der Waals surface area contributed by atoms with E-state index in [-0.39, 0.29) is 5.92 Å². The van der Waals surface area contributed by atoms with Crippen molar-refractivity contribution in [1.29, 1.82) is 0 Å². The lowest BCUT2D eigenvalue weighted by Gasteiger charge is -2.29. The molecule has 1 fully saturated rings. The van der Waals surface area contributed by atoms with Crippen LogP contribution in [-0.2, 0) is 6.42 Å². The zero-order valence-electron chi connectivity index (χ0n) is 12.3. The molecule has 20 heavy (non-hydrogen) atoms. The van der Waals surface area contributed by atoms with Gasteiger partial charge >= 0.3 is 0 Å². The molecule has 0 amide bonds. The summed E-state index contributed by atoms with van der Waals surface area (Å²) in [6.45, 7) is 0. The molecule has 2 rings (SSSR count). The minimum atomic E-state index is -0.611. The Morgan fingerprint density at radius 3 is 2.35 bits per heavy atom. The second kappa shape index (κ2) is 7.65. The minimum Gasteiger partial charge on any atom is -0.497 e. The van der Waals surface area contributed by atoms with Crippen LogP contribution in [0, 0.1) is 5.92 Å². The van der Waals surface area contributed by atoms with E-state index in [1.54, 1.807) is 7.11 Å². The molecule has 2 N–H and O–H groups in total. The highest BCUT2D eigenvalue weighted by molar-refractivity contribution is 5.27. The number of hydrogen-bond acceptors (Lipinski definition) is 3. The molecule has 0 saturated heterocycles. The number of benzene rings is 1. The number of ether oxygens (including phenoxy) is 1. The Bertz CT molecular complexity index is 382. The first kappa shape index (κ1) is 15.3. The van der Waals surface area contributed by atoms with Crippen molar-refractivity contribution in [2.24, 2.45) is 5.92 Å². The maximum absolute atomic E-state index is 10.2. The van der Waals surface area contributed by atoms with Crippen LogP contribution in [0.2, 0.25) is 0 Å². The average Bonchev–Trinajstić information content (AvgIpc) is 2.53. The SMILES string of the molecule is COc1ccc(CCC(O)C(O)C2CCCCC2)cc1. The fraction of sp³-hybridized carbons (Fsp3) is 0.647. The summed E-state index contributed by atoms with van der Waals surface area (Å²) in [4.78, 5) is 0. The van der Waals surface area contributed by atoms with Crippen LogP contribution in [0.3, 0.4) is 0 Å². The zero-order valence-corrected chi connectivity index (χ0v) is 12.3. The van der Waals surface area contributed by atoms with E-state index in [2.05, 4.69) is 0 Å². The Kier molecular flexibility index (Phi) is 5.86. The first-order valence-electron chi connectivity index (χ1n) is 7.70. The van der Waals surface area contributed by atoms with Crippen molar-refractivity contribution < 1.29 is 14.9 Å². The van der Waals surface area contributed by atoms with Gasteiger partial charge in [0.05, 0.1) is 19.3 Å². The molecule has 0 spiro atoms. The van der Waals surface area contributed by atoms with Crippen LogP contribution in [0.25, 0.3) is 0 Å². The average molecular weight is 278 g/mol. The second-order valence-corrected chi connectivity index (χ2v) is 5.84. The molecule has 1 aromatic carbocycles. The molecule has 1 saturated carbocycles. The summed E-state index contributed by atoms with van der Waals surface area (Å²) < 4.78 is 5.12. The number of aryl methyl sites for hydroxylation is 1. The van der Waals surface area contributed by atoms with Gasteiger partial charge in [0, 0.05) is 0 Å². The summed E-state index contributed by atoms with van der Waals surface area (Å²) in [6, 6.07) is 7.88. The van der Waals surface area contributed by atoms with E-state index in [9.17, 15) is 10.2 Å². The first-order valence-corrected chi connectivity index (χ1v) is 7.70. The quantitative estimate of drug-likeness (QED) is 0.841. The topological polar surface area (TPSA) is 49.7 Å². The van der Waals surface area contributed by atoms with Crippen molar-refractivity contribution in [1.82, 2.24) is 0 Å². The number of hydrogen-bond donors (Lipinski definition) is 2. The summed E-state index contributed by atoms with van der Waals surface area (Å²) in [5.74, 6) is 1.13. The predicted octanol–water partition coefficient (Wildman–Crippen LogP) is 2.93. The molecule has 2 atom stereocenters. The Labute approximate surface area is 121 Å². The van der Waals surface area contributed by atoms with Gasteiger partial charge in [0.25, 0.3) is 0 Å². The summed E-state index contributed by atoms with van der Waals surface area (Å²) in [5.41, 5.74) is 1.17. The highest BCUT2D eigenvalue weighted by Crippen LogP contribution is 2.28. The van der Waals surface area contributed by atoms with Gasteiger partial charge in [-0.1, -0.05) is 31.4 Å². The van der Waals surface area contributed by atoms with Gasteiger partial charge in [-0.3, -0.25) is 0 Å². The predicted molar refractivity (Wildman–Crippen MR) is 79.9 cm³/mol. The molecule has 112 valence electrons.